The van der Waals surface area contributed by atoms with Gasteiger partial charge < -0.3 is 9.88 Å². The van der Waals surface area contributed by atoms with Crippen LogP contribution < -0.4 is 5.32 Å². The Kier molecular flexibility index (Phi) is 4.38. The van der Waals surface area contributed by atoms with Gasteiger partial charge in [0.2, 0.25) is 5.91 Å². The molecule has 1 amide bonds. The molecule has 2 rings (SSSR count). The van der Waals surface area contributed by atoms with Crippen molar-refractivity contribution in [1.82, 2.24) is 14.8 Å². The number of carbonyl (C=O) groups excluding carboxylic acids is 1. The Hall–Kier alpha value is -1.34. The van der Waals surface area contributed by atoms with Gasteiger partial charge in [-0.3, -0.25) is 4.79 Å². The van der Waals surface area contributed by atoms with Crippen molar-refractivity contribution < 1.29 is 4.79 Å². The van der Waals surface area contributed by atoms with Gasteiger partial charge >= 0.3 is 0 Å². The van der Waals surface area contributed by atoms with E-state index in [1.807, 2.05) is 31.3 Å². The summed E-state index contributed by atoms with van der Waals surface area (Å²) in [7, 11) is 1.84. The molecular weight excluding hydrogens is 316 g/mol. The highest BCUT2D eigenvalue weighted by Crippen LogP contribution is 2.17. The van der Waals surface area contributed by atoms with Crippen LogP contribution in [0, 0.1) is 0 Å². The van der Waals surface area contributed by atoms with Gasteiger partial charge in [0.1, 0.15) is 6.33 Å². The molecule has 0 fully saturated rings. The van der Waals surface area contributed by atoms with Crippen LogP contribution >= 0.6 is 27.7 Å². The van der Waals surface area contributed by atoms with E-state index < -0.39 is 0 Å². The number of carbonyl (C=O) groups is 1. The van der Waals surface area contributed by atoms with Crippen LogP contribution in [0.2, 0.25) is 0 Å². The third-order valence-corrected chi connectivity index (χ3v) is 3.64. The molecule has 5 nitrogen and oxygen atoms in total. The molecule has 7 heteroatoms. The highest BCUT2D eigenvalue weighted by Gasteiger charge is 2.07. The van der Waals surface area contributed by atoms with Crippen molar-refractivity contribution in [2.75, 3.05) is 11.1 Å². The molecular formula is C11H11BrN4OS. The molecule has 0 spiro atoms. The normalized spacial score (nSPS) is 10.3. The monoisotopic (exact) mass is 326 g/mol. The molecule has 1 aromatic heterocycles. The molecule has 1 heterocycles. The number of amides is 1. The van der Waals surface area contributed by atoms with Crippen LogP contribution in [0.5, 0.6) is 0 Å². The van der Waals surface area contributed by atoms with E-state index in [9.17, 15) is 4.79 Å². The maximum atomic E-state index is 11.7. The second-order valence-corrected chi connectivity index (χ2v) is 5.43. The van der Waals surface area contributed by atoms with Crippen molar-refractivity contribution in [1.29, 1.82) is 0 Å². The SMILES string of the molecule is Cn1cnnc1SCC(=O)Nc1cccc(Br)c1. The summed E-state index contributed by atoms with van der Waals surface area (Å²) in [5, 5.41) is 11.2. The van der Waals surface area contributed by atoms with E-state index in [0.29, 0.717) is 5.75 Å². The lowest BCUT2D eigenvalue weighted by Crippen LogP contribution is -2.14. The van der Waals surface area contributed by atoms with E-state index in [1.54, 1.807) is 10.9 Å². The number of thioether (sulfide) groups is 1. The topological polar surface area (TPSA) is 59.8 Å². The second kappa shape index (κ2) is 6.01. The molecule has 0 unspecified atom stereocenters. The number of hydrogen-bond donors (Lipinski definition) is 1. The molecule has 18 heavy (non-hydrogen) atoms. The number of nitrogens with zero attached hydrogens (tertiary/aromatic N) is 3. The molecule has 0 aliphatic rings. The van der Waals surface area contributed by atoms with Crippen molar-refractivity contribution in [2.45, 2.75) is 5.16 Å². The molecule has 0 atom stereocenters. The smallest absolute Gasteiger partial charge is 0.234 e. The number of benzene rings is 1. The van der Waals surface area contributed by atoms with E-state index in [4.69, 9.17) is 0 Å². The molecule has 2 aromatic rings. The first-order valence-electron chi connectivity index (χ1n) is 5.17. The van der Waals surface area contributed by atoms with Crippen molar-refractivity contribution >= 4 is 39.3 Å². The summed E-state index contributed by atoms with van der Waals surface area (Å²) in [6, 6.07) is 7.47. The Morgan fingerprint density at radius 2 is 2.39 bits per heavy atom. The van der Waals surface area contributed by atoms with Gasteiger partial charge in [-0.15, -0.1) is 10.2 Å². The Bertz CT molecular complexity index is 557. The number of halogens is 1. The predicted molar refractivity (Wildman–Crippen MR) is 74.5 cm³/mol. The van der Waals surface area contributed by atoms with Gasteiger partial charge in [-0.25, -0.2) is 0 Å². The lowest BCUT2D eigenvalue weighted by molar-refractivity contribution is -0.113. The van der Waals surface area contributed by atoms with Crippen LogP contribution in [0.1, 0.15) is 0 Å². The summed E-state index contributed by atoms with van der Waals surface area (Å²) in [5.41, 5.74) is 0.771. The maximum absolute atomic E-state index is 11.7. The zero-order valence-corrected chi connectivity index (χ0v) is 12.0. The second-order valence-electron chi connectivity index (χ2n) is 3.57. The first-order chi connectivity index (χ1) is 8.65. The Balaban J connectivity index is 1.88. The lowest BCUT2D eigenvalue weighted by atomic mass is 10.3. The van der Waals surface area contributed by atoms with E-state index in [2.05, 4.69) is 31.4 Å². The van der Waals surface area contributed by atoms with Gasteiger partial charge in [0.05, 0.1) is 5.75 Å². The van der Waals surface area contributed by atoms with Gasteiger partial charge in [0.15, 0.2) is 5.16 Å². The molecule has 1 aromatic carbocycles. The third-order valence-electron chi connectivity index (χ3n) is 2.11. The van der Waals surface area contributed by atoms with Crippen molar-refractivity contribution in [3.05, 3.63) is 35.1 Å². The van der Waals surface area contributed by atoms with E-state index in [-0.39, 0.29) is 5.91 Å². The average molecular weight is 327 g/mol. The van der Waals surface area contributed by atoms with Crippen molar-refractivity contribution in [3.8, 4) is 0 Å². The zero-order chi connectivity index (χ0) is 13.0. The largest absolute Gasteiger partial charge is 0.325 e. The van der Waals surface area contributed by atoms with Crippen LogP contribution in [0.15, 0.2) is 40.2 Å². The fourth-order valence-corrected chi connectivity index (χ4v) is 2.38. The number of aromatic nitrogens is 3. The van der Waals surface area contributed by atoms with E-state index >= 15 is 0 Å². The van der Waals surface area contributed by atoms with Gasteiger partial charge in [-0.2, -0.15) is 0 Å². The summed E-state index contributed by atoms with van der Waals surface area (Å²) < 4.78 is 2.71. The molecule has 0 bridgehead atoms. The van der Waals surface area contributed by atoms with Crippen molar-refractivity contribution in [2.24, 2.45) is 7.05 Å². The fraction of sp³-hybridized carbons (Fsp3) is 0.182. The lowest BCUT2D eigenvalue weighted by Gasteiger charge is -2.05. The quantitative estimate of drug-likeness (QED) is 0.876. The number of rotatable bonds is 4. The minimum atomic E-state index is -0.0684. The highest BCUT2D eigenvalue weighted by atomic mass is 79.9. The molecule has 0 aliphatic heterocycles. The molecule has 0 radical (unpaired) electrons. The first kappa shape index (κ1) is 13.1. The number of anilines is 1. The Morgan fingerprint density at radius 1 is 1.56 bits per heavy atom. The molecule has 0 aliphatic carbocycles. The Labute approximate surface area is 117 Å². The summed E-state index contributed by atoms with van der Waals surface area (Å²) in [6.07, 6.45) is 1.61. The van der Waals surface area contributed by atoms with Gasteiger partial charge in [0, 0.05) is 17.2 Å². The average Bonchev–Trinajstić information content (AvgIpc) is 2.72. The van der Waals surface area contributed by atoms with Crippen LogP contribution in [-0.2, 0) is 11.8 Å². The molecule has 0 saturated carbocycles. The summed E-state index contributed by atoms with van der Waals surface area (Å²) in [5.74, 6) is 0.236. The zero-order valence-electron chi connectivity index (χ0n) is 9.63. The van der Waals surface area contributed by atoms with Crippen LogP contribution in [0.4, 0.5) is 5.69 Å². The summed E-state index contributed by atoms with van der Waals surface area (Å²) in [4.78, 5) is 11.7. The minimum Gasteiger partial charge on any atom is -0.325 e. The third kappa shape index (κ3) is 3.58. The number of hydrogen-bond acceptors (Lipinski definition) is 4. The van der Waals surface area contributed by atoms with E-state index in [1.165, 1.54) is 11.8 Å². The summed E-state index contributed by atoms with van der Waals surface area (Å²) >= 11 is 4.70. The first-order valence-corrected chi connectivity index (χ1v) is 6.95. The standard InChI is InChI=1S/C11H11BrN4OS/c1-16-7-13-15-11(16)18-6-10(17)14-9-4-2-3-8(12)5-9/h2-5,7H,6H2,1H3,(H,14,17). The minimum absolute atomic E-state index is 0.0684. The fourth-order valence-electron chi connectivity index (χ4n) is 1.30. The van der Waals surface area contributed by atoms with Crippen LogP contribution in [-0.4, -0.2) is 26.4 Å². The van der Waals surface area contributed by atoms with Crippen LogP contribution in [0.25, 0.3) is 0 Å². The maximum Gasteiger partial charge on any atom is 0.234 e. The van der Waals surface area contributed by atoms with Gasteiger partial charge in [-0.05, 0) is 18.2 Å². The number of aryl methyl sites for hydroxylation is 1. The molecule has 94 valence electrons. The predicted octanol–water partition coefficient (Wildman–Crippen LogP) is 2.31. The van der Waals surface area contributed by atoms with Gasteiger partial charge in [-0.1, -0.05) is 33.8 Å². The highest BCUT2D eigenvalue weighted by molar-refractivity contribution is 9.10. The van der Waals surface area contributed by atoms with Crippen LogP contribution in [0.3, 0.4) is 0 Å². The van der Waals surface area contributed by atoms with Crippen molar-refractivity contribution in [3.63, 3.8) is 0 Å². The number of nitrogens with one attached hydrogen (secondary N) is 1. The van der Waals surface area contributed by atoms with E-state index in [0.717, 1.165) is 15.3 Å². The summed E-state index contributed by atoms with van der Waals surface area (Å²) in [6.45, 7) is 0. The van der Waals surface area contributed by atoms with Gasteiger partial charge in [0.25, 0.3) is 0 Å². The Morgan fingerprint density at radius 3 is 3.06 bits per heavy atom. The molecule has 1 N–H and O–H groups in total. The molecule has 0 saturated heterocycles.